The van der Waals surface area contributed by atoms with Gasteiger partial charge in [-0.25, -0.2) is 0 Å². The molecule has 0 saturated heterocycles. The molecule has 0 bridgehead atoms. The number of amides is 1. The van der Waals surface area contributed by atoms with Crippen molar-refractivity contribution in [1.29, 1.82) is 0 Å². The molecule has 0 aromatic rings. The highest BCUT2D eigenvalue weighted by molar-refractivity contribution is 5.80. The van der Waals surface area contributed by atoms with Crippen LogP contribution in [0.4, 0.5) is 0 Å². The Morgan fingerprint density at radius 1 is 1.11 bits per heavy atom. The highest BCUT2D eigenvalue weighted by atomic mass is 16.4. The lowest BCUT2D eigenvalue weighted by Gasteiger charge is -2.38. The second-order valence-corrected chi connectivity index (χ2v) is 6.08. The molecule has 4 nitrogen and oxygen atoms in total. The van der Waals surface area contributed by atoms with Gasteiger partial charge in [0.2, 0.25) is 5.91 Å². The maximum Gasteiger partial charge on any atom is 0.305 e. The topological polar surface area (TPSA) is 57.6 Å². The van der Waals surface area contributed by atoms with Crippen molar-refractivity contribution in [3.8, 4) is 0 Å². The van der Waals surface area contributed by atoms with Gasteiger partial charge < -0.3 is 10.0 Å². The predicted molar refractivity (Wildman–Crippen MR) is 77.0 cm³/mol. The van der Waals surface area contributed by atoms with Crippen LogP contribution in [0.25, 0.3) is 0 Å². The molecule has 112 valence electrons. The Bertz CT molecular complexity index is 288. The van der Waals surface area contributed by atoms with Crippen molar-refractivity contribution in [2.75, 3.05) is 6.54 Å². The van der Waals surface area contributed by atoms with Crippen LogP contribution in [0.1, 0.15) is 66.7 Å². The van der Waals surface area contributed by atoms with Crippen LogP contribution >= 0.6 is 0 Å². The minimum atomic E-state index is -0.857. The van der Waals surface area contributed by atoms with Crippen molar-refractivity contribution in [3.05, 3.63) is 0 Å². The lowest BCUT2D eigenvalue weighted by atomic mass is 9.94. The first-order valence-electron chi connectivity index (χ1n) is 7.27. The molecule has 0 spiro atoms. The minimum absolute atomic E-state index is 0.00792. The quantitative estimate of drug-likeness (QED) is 0.737. The van der Waals surface area contributed by atoms with Crippen LogP contribution in [0, 0.1) is 5.92 Å². The van der Waals surface area contributed by atoms with Gasteiger partial charge in [-0.1, -0.05) is 26.7 Å². The molecule has 0 saturated carbocycles. The molecule has 0 aromatic carbocycles. The van der Waals surface area contributed by atoms with Crippen LogP contribution in [-0.4, -0.2) is 34.0 Å². The molecule has 0 aromatic heterocycles. The van der Waals surface area contributed by atoms with Gasteiger partial charge in [-0.15, -0.1) is 0 Å². The third-order valence-electron chi connectivity index (χ3n) is 3.25. The third kappa shape index (κ3) is 6.60. The van der Waals surface area contributed by atoms with E-state index >= 15 is 0 Å². The molecule has 0 fully saturated rings. The van der Waals surface area contributed by atoms with E-state index in [-0.39, 0.29) is 23.8 Å². The Labute approximate surface area is 117 Å². The molecular formula is C15H29NO3. The summed E-state index contributed by atoms with van der Waals surface area (Å²) in [5.41, 5.74) is -0.327. The second kappa shape index (κ2) is 8.18. The Balaban J connectivity index is 4.90. The highest BCUT2D eigenvalue weighted by Crippen LogP contribution is 2.22. The van der Waals surface area contributed by atoms with E-state index in [1.807, 2.05) is 20.8 Å². The average molecular weight is 271 g/mol. The summed E-state index contributed by atoms with van der Waals surface area (Å²) in [7, 11) is 0. The lowest BCUT2D eigenvalue weighted by Crippen LogP contribution is -2.49. The molecule has 0 radical (unpaired) electrons. The number of hydrogen-bond acceptors (Lipinski definition) is 2. The number of carbonyl (C=O) groups excluding carboxylic acids is 1. The van der Waals surface area contributed by atoms with E-state index in [4.69, 9.17) is 5.11 Å². The highest BCUT2D eigenvalue weighted by Gasteiger charge is 2.31. The maximum absolute atomic E-state index is 12.6. The number of carboxylic acids is 1. The Morgan fingerprint density at radius 3 is 1.89 bits per heavy atom. The van der Waals surface area contributed by atoms with Gasteiger partial charge in [-0.2, -0.15) is 0 Å². The van der Waals surface area contributed by atoms with Gasteiger partial charge in [0.25, 0.3) is 0 Å². The minimum Gasteiger partial charge on any atom is -0.481 e. The Morgan fingerprint density at radius 2 is 1.58 bits per heavy atom. The van der Waals surface area contributed by atoms with Gasteiger partial charge in [-0.3, -0.25) is 9.59 Å². The number of carbonyl (C=O) groups is 2. The molecule has 0 aliphatic carbocycles. The number of nitrogens with zero attached hydrogens (tertiary/aromatic N) is 1. The van der Waals surface area contributed by atoms with E-state index < -0.39 is 5.97 Å². The Kier molecular flexibility index (Phi) is 7.72. The van der Waals surface area contributed by atoms with E-state index in [0.29, 0.717) is 6.54 Å². The van der Waals surface area contributed by atoms with Crippen molar-refractivity contribution in [1.82, 2.24) is 4.90 Å². The molecule has 0 atom stereocenters. The predicted octanol–water partition coefficient (Wildman–Crippen LogP) is 3.30. The van der Waals surface area contributed by atoms with E-state index in [1.54, 1.807) is 4.90 Å². The van der Waals surface area contributed by atoms with Crippen LogP contribution in [0.2, 0.25) is 0 Å². The summed E-state index contributed by atoms with van der Waals surface area (Å²) in [6.07, 6.45) is 3.73. The summed E-state index contributed by atoms with van der Waals surface area (Å²) in [5, 5.41) is 8.82. The summed E-state index contributed by atoms with van der Waals surface area (Å²) >= 11 is 0. The summed E-state index contributed by atoms with van der Waals surface area (Å²) in [6.45, 7) is 10.3. The molecule has 0 rings (SSSR count). The van der Waals surface area contributed by atoms with Crippen LogP contribution < -0.4 is 0 Å². The van der Waals surface area contributed by atoms with Crippen LogP contribution in [-0.2, 0) is 9.59 Å². The first-order chi connectivity index (χ1) is 8.73. The molecule has 0 aliphatic heterocycles. The zero-order chi connectivity index (χ0) is 15.1. The smallest absolute Gasteiger partial charge is 0.305 e. The third-order valence-corrected chi connectivity index (χ3v) is 3.25. The van der Waals surface area contributed by atoms with E-state index in [0.717, 1.165) is 25.7 Å². The van der Waals surface area contributed by atoms with Crippen LogP contribution in [0.3, 0.4) is 0 Å². The summed E-state index contributed by atoms with van der Waals surface area (Å²) in [5.74, 6) is -0.718. The largest absolute Gasteiger partial charge is 0.481 e. The van der Waals surface area contributed by atoms with Gasteiger partial charge in [0.15, 0.2) is 0 Å². The SMILES string of the molecule is CCCC(CCC)C(=O)N(CCC(=O)O)C(C)(C)C. The van der Waals surface area contributed by atoms with Crippen molar-refractivity contribution in [2.45, 2.75) is 72.3 Å². The molecule has 0 unspecified atom stereocenters. The summed E-state index contributed by atoms with van der Waals surface area (Å²) < 4.78 is 0. The molecule has 0 aliphatic rings. The molecule has 0 heterocycles. The maximum atomic E-state index is 12.6. The first kappa shape index (κ1) is 17.9. The zero-order valence-corrected chi connectivity index (χ0v) is 13.0. The van der Waals surface area contributed by atoms with Crippen molar-refractivity contribution in [3.63, 3.8) is 0 Å². The van der Waals surface area contributed by atoms with Gasteiger partial charge in [0.05, 0.1) is 6.42 Å². The fraction of sp³-hybridized carbons (Fsp3) is 0.867. The molecule has 19 heavy (non-hydrogen) atoms. The van der Waals surface area contributed by atoms with Crippen molar-refractivity contribution < 1.29 is 14.7 Å². The monoisotopic (exact) mass is 271 g/mol. The van der Waals surface area contributed by atoms with E-state index in [1.165, 1.54) is 0 Å². The Hall–Kier alpha value is -1.06. The van der Waals surface area contributed by atoms with Gasteiger partial charge in [0.1, 0.15) is 0 Å². The van der Waals surface area contributed by atoms with Gasteiger partial charge >= 0.3 is 5.97 Å². The van der Waals surface area contributed by atoms with Crippen molar-refractivity contribution in [2.24, 2.45) is 5.92 Å². The summed E-state index contributed by atoms with van der Waals surface area (Å²) in [6, 6.07) is 0. The standard InChI is InChI=1S/C15H29NO3/c1-6-8-12(9-7-2)14(19)16(15(3,4)5)11-10-13(17)18/h12H,6-11H2,1-5H3,(H,17,18). The summed E-state index contributed by atoms with van der Waals surface area (Å²) in [4.78, 5) is 25.1. The first-order valence-corrected chi connectivity index (χ1v) is 7.27. The fourth-order valence-corrected chi connectivity index (χ4v) is 2.29. The zero-order valence-electron chi connectivity index (χ0n) is 13.0. The van der Waals surface area contributed by atoms with E-state index in [9.17, 15) is 9.59 Å². The van der Waals surface area contributed by atoms with Gasteiger partial charge in [-0.05, 0) is 33.6 Å². The number of rotatable bonds is 8. The number of carboxylic acid groups (broad SMARTS) is 1. The normalized spacial score (nSPS) is 11.7. The molecule has 4 heteroatoms. The lowest BCUT2D eigenvalue weighted by molar-refractivity contribution is -0.143. The molecule has 1 N–H and O–H groups in total. The average Bonchev–Trinajstić information content (AvgIpc) is 2.26. The fourth-order valence-electron chi connectivity index (χ4n) is 2.29. The van der Waals surface area contributed by atoms with Gasteiger partial charge in [0, 0.05) is 18.0 Å². The number of hydrogen-bond donors (Lipinski definition) is 1. The molecule has 1 amide bonds. The number of aliphatic carboxylic acids is 1. The van der Waals surface area contributed by atoms with Crippen LogP contribution in [0.15, 0.2) is 0 Å². The van der Waals surface area contributed by atoms with Crippen molar-refractivity contribution >= 4 is 11.9 Å². The van der Waals surface area contributed by atoms with Crippen LogP contribution in [0.5, 0.6) is 0 Å². The molecular weight excluding hydrogens is 242 g/mol. The second-order valence-electron chi connectivity index (χ2n) is 6.08. The van der Waals surface area contributed by atoms with E-state index in [2.05, 4.69) is 13.8 Å².